The monoisotopic (exact) mass is 284 g/mol. The SMILES string of the molecule is COc1ccccc1OC1CC(Br)C1(C)C. The molecule has 2 unspecified atom stereocenters. The first-order valence-corrected chi connectivity index (χ1v) is 6.41. The van der Waals surface area contributed by atoms with Crippen molar-refractivity contribution in [2.45, 2.75) is 31.2 Å². The van der Waals surface area contributed by atoms with Crippen LogP contribution in [-0.4, -0.2) is 18.0 Å². The lowest BCUT2D eigenvalue weighted by atomic mass is 9.69. The van der Waals surface area contributed by atoms with Crippen LogP contribution in [0.25, 0.3) is 0 Å². The van der Waals surface area contributed by atoms with Crippen LogP contribution in [0.1, 0.15) is 20.3 Å². The minimum absolute atomic E-state index is 0.181. The number of hydrogen-bond donors (Lipinski definition) is 0. The van der Waals surface area contributed by atoms with Gasteiger partial charge in [-0.15, -0.1) is 0 Å². The number of rotatable bonds is 3. The summed E-state index contributed by atoms with van der Waals surface area (Å²) in [7, 11) is 1.67. The van der Waals surface area contributed by atoms with Crippen molar-refractivity contribution >= 4 is 15.9 Å². The van der Waals surface area contributed by atoms with Crippen LogP contribution >= 0.6 is 15.9 Å². The minimum Gasteiger partial charge on any atom is -0.493 e. The quantitative estimate of drug-likeness (QED) is 0.789. The summed E-state index contributed by atoms with van der Waals surface area (Å²) < 4.78 is 11.3. The molecule has 88 valence electrons. The zero-order valence-electron chi connectivity index (χ0n) is 9.87. The maximum atomic E-state index is 6.00. The molecule has 16 heavy (non-hydrogen) atoms. The maximum absolute atomic E-state index is 6.00. The van der Waals surface area contributed by atoms with Crippen LogP contribution in [0.4, 0.5) is 0 Å². The third-order valence-corrected chi connectivity index (χ3v) is 4.95. The first kappa shape index (κ1) is 11.8. The summed E-state index contributed by atoms with van der Waals surface area (Å²) in [6.45, 7) is 4.44. The highest BCUT2D eigenvalue weighted by molar-refractivity contribution is 9.09. The molecule has 1 fully saturated rings. The van der Waals surface area contributed by atoms with Gasteiger partial charge in [-0.2, -0.15) is 0 Å². The molecular formula is C13H17BrO2. The van der Waals surface area contributed by atoms with Crippen LogP contribution in [0, 0.1) is 5.41 Å². The lowest BCUT2D eigenvalue weighted by Gasteiger charge is -2.48. The van der Waals surface area contributed by atoms with Gasteiger partial charge in [-0.1, -0.05) is 41.9 Å². The fraction of sp³-hybridized carbons (Fsp3) is 0.538. The number of benzene rings is 1. The van der Waals surface area contributed by atoms with E-state index in [2.05, 4.69) is 29.8 Å². The molecular weight excluding hydrogens is 268 g/mol. The van der Waals surface area contributed by atoms with Crippen LogP contribution in [0.3, 0.4) is 0 Å². The highest BCUT2D eigenvalue weighted by Crippen LogP contribution is 2.48. The molecule has 0 amide bonds. The van der Waals surface area contributed by atoms with Gasteiger partial charge < -0.3 is 9.47 Å². The van der Waals surface area contributed by atoms with Crippen molar-refractivity contribution in [3.05, 3.63) is 24.3 Å². The van der Waals surface area contributed by atoms with Gasteiger partial charge in [-0.25, -0.2) is 0 Å². The first-order chi connectivity index (χ1) is 7.55. The Morgan fingerprint density at radius 1 is 1.25 bits per heavy atom. The van der Waals surface area contributed by atoms with Gasteiger partial charge in [0.25, 0.3) is 0 Å². The van der Waals surface area contributed by atoms with E-state index in [0.717, 1.165) is 17.9 Å². The van der Waals surface area contributed by atoms with E-state index in [1.54, 1.807) is 7.11 Å². The number of ether oxygens (including phenoxy) is 2. The van der Waals surface area contributed by atoms with Crippen molar-refractivity contribution < 1.29 is 9.47 Å². The number of hydrogen-bond acceptors (Lipinski definition) is 2. The van der Waals surface area contributed by atoms with Crippen molar-refractivity contribution in [1.29, 1.82) is 0 Å². The smallest absolute Gasteiger partial charge is 0.161 e. The molecule has 0 spiro atoms. The second-order valence-electron chi connectivity index (χ2n) is 4.78. The van der Waals surface area contributed by atoms with E-state index in [0.29, 0.717) is 4.83 Å². The largest absolute Gasteiger partial charge is 0.493 e. The van der Waals surface area contributed by atoms with E-state index in [1.807, 2.05) is 24.3 Å². The molecule has 1 saturated carbocycles. The van der Waals surface area contributed by atoms with Crippen LogP contribution in [-0.2, 0) is 0 Å². The predicted octanol–water partition coefficient (Wildman–Crippen LogP) is 3.64. The van der Waals surface area contributed by atoms with Gasteiger partial charge in [-0.3, -0.25) is 0 Å². The summed E-state index contributed by atoms with van der Waals surface area (Å²) in [5.74, 6) is 1.64. The molecule has 1 aliphatic carbocycles. The Bertz CT molecular complexity index is 376. The average Bonchev–Trinajstić information content (AvgIpc) is 2.29. The van der Waals surface area contributed by atoms with Gasteiger partial charge in [0.15, 0.2) is 11.5 Å². The van der Waals surface area contributed by atoms with Gasteiger partial charge in [0.1, 0.15) is 6.10 Å². The molecule has 1 aromatic carbocycles. The van der Waals surface area contributed by atoms with Crippen molar-refractivity contribution in [2.24, 2.45) is 5.41 Å². The molecule has 2 nitrogen and oxygen atoms in total. The molecule has 0 aliphatic heterocycles. The molecule has 0 N–H and O–H groups in total. The highest BCUT2D eigenvalue weighted by Gasteiger charge is 2.48. The second kappa shape index (κ2) is 4.28. The lowest BCUT2D eigenvalue weighted by Crippen LogP contribution is -2.53. The molecule has 1 aromatic rings. The summed E-state index contributed by atoms with van der Waals surface area (Å²) >= 11 is 3.66. The van der Waals surface area contributed by atoms with E-state index in [-0.39, 0.29) is 11.5 Å². The molecule has 0 heterocycles. The number of para-hydroxylation sites is 2. The van der Waals surface area contributed by atoms with Crippen LogP contribution < -0.4 is 9.47 Å². The number of halogens is 1. The third-order valence-electron chi connectivity index (χ3n) is 3.40. The standard InChI is InChI=1S/C13H17BrO2/c1-13(2)11(14)8-12(13)16-10-7-5-4-6-9(10)15-3/h4-7,11-12H,8H2,1-3H3. The summed E-state index contributed by atoms with van der Waals surface area (Å²) in [6, 6.07) is 7.79. The summed E-state index contributed by atoms with van der Waals surface area (Å²) in [4.78, 5) is 0.541. The second-order valence-corrected chi connectivity index (χ2v) is 5.89. The molecule has 2 atom stereocenters. The summed E-state index contributed by atoms with van der Waals surface area (Å²) in [5.41, 5.74) is 0.181. The molecule has 0 radical (unpaired) electrons. The van der Waals surface area contributed by atoms with Crippen LogP contribution in [0.15, 0.2) is 24.3 Å². The van der Waals surface area contributed by atoms with E-state index in [4.69, 9.17) is 9.47 Å². The van der Waals surface area contributed by atoms with Gasteiger partial charge in [0, 0.05) is 10.2 Å². The normalized spacial score (nSPS) is 27.0. The fourth-order valence-corrected chi connectivity index (χ4v) is 2.54. The maximum Gasteiger partial charge on any atom is 0.161 e. The number of alkyl halides is 1. The third kappa shape index (κ3) is 1.93. The highest BCUT2D eigenvalue weighted by atomic mass is 79.9. The van der Waals surface area contributed by atoms with E-state index in [1.165, 1.54) is 0 Å². The topological polar surface area (TPSA) is 18.5 Å². The van der Waals surface area contributed by atoms with Gasteiger partial charge >= 0.3 is 0 Å². The number of methoxy groups -OCH3 is 1. The molecule has 3 heteroatoms. The molecule has 0 saturated heterocycles. The van der Waals surface area contributed by atoms with E-state index in [9.17, 15) is 0 Å². The van der Waals surface area contributed by atoms with Crippen molar-refractivity contribution in [1.82, 2.24) is 0 Å². The molecule has 2 rings (SSSR count). The van der Waals surface area contributed by atoms with Crippen molar-refractivity contribution in [2.75, 3.05) is 7.11 Å². The lowest BCUT2D eigenvalue weighted by molar-refractivity contribution is -0.00926. The van der Waals surface area contributed by atoms with E-state index >= 15 is 0 Å². The Kier molecular flexibility index (Phi) is 3.15. The Morgan fingerprint density at radius 2 is 1.88 bits per heavy atom. The molecule has 0 bridgehead atoms. The summed E-state index contributed by atoms with van der Waals surface area (Å²) in [6.07, 6.45) is 1.30. The molecule has 0 aromatic heterocycles. The van der Waals surface area contributed by atoms with Crippen molar-refractivity contribution in [3.8, 4) is 11.5 Å². The van der Waals surface area contributed by atoms with E-state index < -0.39 is 0 Å². The summed E-state index contributed by atoms with van der Waals surface area (Å²) in [5, 5.41) is 0. The van der Waals surface area contributed by atoms with Gasteiger partial charge in [-0.05, 0) is 18.6 Å². The first-order valence-electron chi connectivity index (χ1n) is 5.49. The average molecular weight is 285 g/mol. The predicted molar refractivity (Wildman–Crippen MR) is 68.5 cm³/mol. The van der Waals surface area contributed by atoms with Crippen LogP contribution in [0.2, 0.25) is 0 Å². The fourth-order valence-electron chi connectivity index (χ4n) is 1.91. The van der Waals surface area contributed by atoms with Gasteiger partial charge in [0.2, 0.25) is 0 Å². The Morgan fingerprint density at radius 3 is 2.38 bits per heavy atom. The van der Waals surface area contributed by atoms with Crippen LogP contribution in [0.5, 0.6) is 11.5 Å². The Hall–Kier alpha value is -0.700. The minimum atomic E-state index is 0.181. The Balaban J connectivity index is 2.11. The van der Waals surface area contributed by atoms with Crippen molar-refractivity contribution in [3.63, 3.8) is 0 Å². The van der Waals surface area contributed by atoms with Gasteiger partial charge in [0.05, 0.1) is 7.11 Å². The zero-order valence-corrected chi connectivity index (χ0v) is 11.5. The molecule has 1 aliphatic rings. The zero-order chi connectivity index (χ0) is 11.8. The Labute approximate surface area is 105 Å².